The number of benzene rings is 1. The molecule has 0 aliphatic rings. The Kier molecular flexibility index (Phi) is 5.39. The topological polar surface area (TPSA) is 46.5 Å². The smallest absolute Gasteiger partial charge is 0.312 e. The molecule has 0 bridgehead atoms. The third-order valence-electron chi connectivity index (χ3n) is 3.24. The van der Waals surface area contributed by atoms with E-state index in [1.807, 2.05) is 13.8 Å². The van der Waals surface area contributed by atoms with Crippen LogP contribution in [0.3, 0.4) is 0 Å². The highest BCUT2D eigenvalue weighted by Gasteiger charge is 2.41. The maximum atomic E-state index is 12.1. The van der Waals surface area contributed by atoms with E-state index in [1.54, 1.807) is 38.1 Å². The molecule has 1 aromatic rings. The van der Waals surface area contributed by atoms with Gasteiger partial charge < -0.3 is 9.84 Å². The van der Waals surface area contributed by atoms with Crippen molar-refractivity contribution in [3.63, 3.8) is 0 Å². The molecule has 0 aromatic heterocycles. The van der Waals surface area contributed by atoms with Crippen molar-refractivity contribution in [2.24, 2.45) is 11.8 Å². The number of halogens is 1. The number of rotatable bonds is 5. The van der Waals surface area contributed by atoms with Gasteiger partial charge in [0.2, 0.25) is 0 Å². The van der Waals surface area contributed by atoms with E-state index in [9.17, 15) is 9.90 Å². The number of carbonyl (C=O) groups is 1. The molecule has 0 aliphatic carbocycles. The summed E-state index contributed by atoms with van der Waals surface area (Å²) in [7, 11) is 0. The van der Waals surface area contributed by atoms with Crippen molar-refractivity contribution in [1.82, 2.24) is 0 Å². The second-order valence-corrected chi connectivity index (χ2v) is 5.56. The fraction of sp³-hybridized carbons (Fsp3) is 0.533. The van der Waals surface area contributed by atoms with Gasteiger partial charge in [-0.2, -0.15) is 0 Å². The molecule has 0 aliphatic heterocycles. The molecule has 0 amide bonds. The Morgan fingerprint density at radius 3 is 2.32 bits per heavy atom. The first-order chi connectivity index (χ1) is 8.80. The number of ether oxygens (including phenoxy) is 1. The van der Waals surface area contributed by atoms with Crippen LogP contribution >= 0.6 is 11.6 Å². The highest BCUT2D eigenvalue weighted by molar-refractivity contribution is 6.30. The monoisotopic (exact) mass is 284 g/mol. The summed E-state index contributed by atoms with van der Waals surface area (Å²) in [6.07, 6.45) is 0. The predicted molar refractivity (Wildman–Crippen MR) is 76.0 cm³/mol. The van der Waals surface area contributed by atoms with Crippen molar-refractivity contribution >= 4 is 17.6 Å². The van der Waals surface area contributed by atoms with Crippen molar-refractivity contribution < 1.29 is 14.6 Å². The van der Waals surface area contributed by atoms with Crippen LogP contribution in [0.2, 0.25) is 5.02 Å². The number of carbonyl (C=O) groups excluding carboxylic acids is 1. The lowest BCUT2D eigenvalue weighted by molar-refractivity contribution is -0.161. The van der Waals surface area contributed by atoms with Gasteiger partial charge in [0.1, 0.15) is 5.60 Å². The lowest BCUT2D eigenvalue weighted by atomic mass is 9.76. The zero-order valence-corrected chi connectivity index (χ0v) is 12.6. The summed E-state index contributed by atoms with van der Waals surface area (Å²) >= 11 is 5.84. The minimum absolute atomic E-state index is 0.0373. The number of aliphatic hydroxyl groups is 1. The highest BCUT2D eigenvalue weighted by Crippen LogP contribution is 2.35. The molecule has 106 valence electrons. The molecule has 0 radical (unpaired) electrons. The molecule has 0 heterocycles. The van der Waals surface area contributed by atoms with Crippen molar-refractivity contribution in [1.29, 1.82) is 0 Å². The summed E-state index contributed by atoms with van der Waals surface area (Å²) in [5, 5.41) is 11.4. The van der Waals surface area contributed by atoms with Crippen molar-refractivity contribution in [2.75, 3.05) is 6.61 Å². The standard InChI is InChI=1S/C15H21ClO3/c1-5-19-14(17)13(10(2)3)15(4,18)11-6-8-12(16)9-7-11/h6-10,13,18H,5H2,1-4H3. The average Bonchev–Trinajstić information content (AvgIpc) is 2.28. The van der Waals surface area contributed by atoms with Crippen LogP contribution in [0.5, 0.6) is 0 Å². The van der Waals surface area contributed by atoms with Gasteiger partial charge in [-0.05, 0) is 37.5 Å². The van der Waals surface area contributed by atoms with Gasteiger partial charge in [-0.15, -0.1) is 0 Å². The molecular weight excluding hydrogens is 264 g/mol. The Balaban J connectivity index is 3.12. The number of hydrogen-bond acceptors (Lipinski definition) is 3. The fourth-order valence-electron chi connectivity index (χ4n) is 2.35. The van der Waals surface area contributed by atoms with Crippen molar-refractivity contribution in [3.8, 4) is 0 Å². The first kappa shape index (κ1) is 16.0. The fourth-order valence-corrected chi connectivity index (χ4v) is 2.48. The predicted octanol–water partition coefficient (Wildman–Crippen LogP) is 3.38. The second-order valence-electron chi connectivity index (χ2n) is 5.13. The van der Waals surface area contributed by atoms with E-state index < -0.39 is 11.5 Å². The molecule has 0 saturated carbocycles. The minimum Gasteiger partial charge on any atom is -0.466 e. The lowest BCUT2D eigenvalue weighted by Gasteiger charge is -2.34. The summed E-state index contributed by atoms with van der Waals surface area (Å²) in [6.45, 7) is 7.49. The van der Waals surface area contributed by atoms with Gasteiger partial charge in [-0.1, -0.05) is 37.6 Å². The Bertz CT molecular complexity index is 424. The summed E-state index contributed by atoms with van der Waals surface area (Å²) in [4.78, 5) is 12.1. The SMILES string of the molecule is CCOC(=O)C(C(C)C)C(C)(O)c1ccc(Cl)cc1. The van der Waals surface area contributed by atoms with E-state index in [2.05, 4.69) is 0 Å². The first-order valence-corrected chi connectivity index (χ1v) is 6.83. The van der Waals surface area contributed by atoms with E-state index in [4.69, 9.17) is 16.3 Å². The summed E-state index contributed by atoms with van der Waals surface area (Å²) in [5.41, 5.74) is -0.631. The molecule has 3 nitrogen and oxygen atoms in total. The van der Waals surface area contributed by atoms with Gasteiger partial charge in [0.25, 0.3) is 0 Å². The van der Waals surface area contributed by atoms with Crippen LogP contribution in [0.1, 0.15) is 33.3 Å². The van der Waals surface area contributed by atoms with Crippen LogP contribution in [0.25, 0.3) is 0 Å². The molecular formula is C15H21ClO3. The van der Waals surface area contributed by atoms with Crippen LogP contribution in [-0.4, -0.2) is 17.7 Å². The Morgan fingerprint density at radius 1 is 1.37 bits per heavy atom. The molecule has 0 spiro atoms. The zero-order chi connectivity index (χ0) is 14.6. The summed E-state index contributed by atoms with van der Waals surface area (Å²) in [5.74, 6) is -1.03. The van der Waals surface area contributed by atoms with E-state index in [1.165, 1.54) is 0 Å². The van der Waals surface area contributed by atoms with Crippen molar-refractivity contribution in [2.45, 2.75) is 33.3 Å². The van der Waals surface area contributed by atoms with Gasteiger partial charge in [0.05, 0.1) is 12.5 Å². The quantitative estimate of drug-likeness (QED) is 0.843. The van der Waals surface area contributed by atoms with Gasteiger partial charge in [-0.25, -0.2) is 0 Å². The first-order valence-electron chi connectivity index (χ1n) is 6.45. The van der Waals surface area contributed by atoms with Gasteiger partial charge in [0.15, 0.2) is 0 Å². The van der Waals surface area contributed by atoms with Gasteiger partial charge in [0, 0.05) is 5.02 Å². The largest absolute Gasteiger partial charge is 0.466 e. The van der Waals surface area contributed by atoms with Crippen LogP contribution < -0.4 is 0 Å². The summed E-state index contributed by atoms with van der Waals surface area (Å²) < 4.78 is 5.07. The molecule has 19 heavy (non-hydrogen) atoms. The lowest BCUT2D eigenvalue weighted by Crippen LogP contribution is -2.41. The van der Waals surface area contributed by atoms with E-state index in [0.717, 1.165) is 0 Å². The van der Waals surface area contributed by atoms with E-state index in [-0.39, 0.29) is 11.9 Å². The second kappa shape index (κ2) is 6.40. The third-order valence-corrected chi connectivity index (χ3v) is 3.49. The average molecular weight is 285 g/mol. The van der Waals surface area contributed by atoms with Crippen LogP contribution in [-0.2, 0) is 15.1 Å². The summed E-state index contributed by atoms with van der Waals surface area (Å²) in [6, 6.07) is 6.87. The number of hydrogen-bond donors (Lipinski definition) is 1. The Morgan fingerprint density at radius 2 is 1.89 bits per heavy atom. The molecule has 2 atom stereocenters. The molecule has 2 unspecified atom stereocenters. The maximum Gasteiger partial charge on any atom is 0.312 e. The van der Waals surface area contributed by atoms with Crippen LogP contribution in [0.4, 0.5) is 0 Å². The molecule has 0 fully saturated rings. The molecule has 1 rings (SSSR count). The molecule has 4 heteroatoms. The zero-order valence-electron chi connectivity index (χ0n) is 11.8. The minimum atomic E-state index is -1.29. The molecule has 1 aromatic carbocycles. The Hall–Kier alpha value is -1.06. The molecule has 1 N–H and O–H groups in total. The van der Waals surface area contributed by atoms with E-state index in [0.29, 0.717) is 17.2 Å². The number of esters is 1. The van der Waals surface area contributed by atoms with Gasteiger partial charge in [-0.3, -0.25) is 4.79 Å². The van der Waals surface area contributed by atoms with Crippen LogP contribution in [0.15, 0.2) is 24.3 Å². The van der Waals surface area contributed by atoms with Gasteiger partial charge >= 0.3 is 5.97 Å². The third kappa shape index (κ3) is 3.71. The Labute approximate surface area is 119 Å². The maximum absolute atomic E-state index is 12.1. The van der Waals surface area contributed by atoms with Crippen LogP contribution in [0, 0.1) is 11.8 Å². The van der Waals surface area contributed by atoms with E-state index >= 15 is 0 Å². The molecule has 0 saturated heterocycles. The van der Waals surface area contributed by atoms with Crippen molar-refractivity contribution in [3.05, 3.63) is 34.9 Å². The highest BCUT2D eigenvalue weighted by atomic mass is 35.5. The normalized spacial score (nSPS) is 15.9.